The third-order valence-electron chi connectivity index (χ3n) is 6.29. The molecule has 0 aromatic heterocycles. The molecule has 0 unspecified atom stereocenters. The zero-order valence-corrected chi connectivity index (χ0v) is 22.1. The molecule has 0 saturated carbocycles. The quantitative estimate of drug-likeness (QED) is 0.428. The van der Waals surface area contributed by atoms with Crippen LogP contribution in [0.4, 0.5) is 0 Å². The van der Waals surface area contributed by atoms with Crippen molar-refractivity contribution < 1.29 is 28.2 Å². The zero-order chi connectivity index (χ0) is 24.3. The Bertz CT molecular complexity index is 876. The summed E-state index contributed by atoms with van der Waals surface area (Å²) in [6.45, 7) is 9.96. The molecule has 4 atom stereocenters. The average Bonchev–Trinajstić information content (AvgIpc) is 2.82. The Morgan fingerprint density at radius 3 is 1.70 bits per heavy atom. The van der Waals surface area contributed by atoms with Crippen LogP contribution in [0.15, 0.2) is 60.7 Å². The van der Waals surface area contributed by atoms with Crippen LogP contribution in [-0.4, -0.2) is 54.1 Å². The van der Waals surface area contributed by atoms with E-state index in [0.29, 0.717) is 0 Å². The Labute approximate surface area is 199 Å². The molecule has 180 valence electrons. The fourth-order valence-corrected chi connectivity index (χ4v) is 5.33. The van der Waals surface area contributed by atoms with Gasteiger partial charge >= 0.3 is 0 Å². The molecule has 33 heavy (non-hydrogen) atoms. The predicted molar refractivity (Wildman–Crippen MR) is 130 cm³/mol. The lowest BCUT2D eigenvalue weighted by atomic mass is 9.78. The third-order valence-corrected chi connectivity index (χ3v) is 7.75. The Kier molecular flexibility index (Phi) is 7.63. The third kappa shape index (κ3) is 4.85. The largest absolute Gasteiger partial charge is 0.408 e. The highest BCUT2D eigenvalue weighted by Crippen LogP contribution is 2.48. The molecule has 1 saturated heterocycles. The van der Waals surface area contributed by atoms with Crippen molar-refractivity contribution in [1.29, 1.82) is 0 Å². The number of carbonyl (C=O) groups is 1. The maximum atomic E-state index is 12.4. The second-order valence-electron chi connectivity index (χ2n) is 9.87. The molecule has 0 bridgehead atoms. The first kappa shape index (κ1) is 25.7. The van der Waals surface area contributed by atoms with E-state index in [-0.39, 0.29) is 5.04 Å². The topological polar surface area (TPSA) is 63.2 Å². The Hall–Kier alpha value is -1.87. The van der Waals surface area contributed by atoms with Crippen LogP contribution in [0, 0.1) is 0 Å². The molecular weight excluding hydrogens is 436 g/mol. The number of carbonyl (C=O) groups excluding carboxylic acids is 1. The van der Waals surface area contributed by atoms with E-state index in [1.54, 1.807) is 13.8 Å². The lowest BCUT2D eigenvalue weighted by Gasteiger charge is -2.55. The molecule has 7 heteroatoms. The van der Waals surface area contributed by atoms with E-state index in [1.807, 2.05) is 60.7 Å². The van der Waals surface area contributed by atoms with Crippen molar-refractivity contribution in [2.45, 2.75) is 69.0 Å². The summed E-state index contributed by atoms with van der Waals surface area (Å²) in [7, 11) is 1.93. The number of rotatable bonds is 8. The molecule has 1 fully saturated rings. The number of aldehydes is 1. The van der Waals surface area contributed by atoms with E-state index in [0.717, 1.165) is 17.4 Å². The molecule has 0 N–H and O–H groups in total. The van der Waals surface area contributed by atoms with Crippen LogP contribution < -0.4 is 0 Å². The number of benzene rings is 2. The van der Waals surface area contributed by atoms with Crippen LogP contribution in [0.25, 0.3) is 0 Å². The normalized spacial score (nSPS) is 28.8. The fraction of sp³-hybridized carbons (Fsp3) is 0.500. The smallest absolute Gasteiger partial charge is 0.220 e. The van der Waals surface area contributed by atoms with Gasteiger partial charge in [-0.25, -0.2) is 0 Å². The summed E-state index contributed by atoms with van der Waals surface area (Å²) in [5.41, 5.74) is 0.670. The molecule has 0 aliphatic carbocycles. The first-order chi connectivity index (χ1) is 15.5. The second-order valence-corrected chi connectivity index (χ2v) is 12.6. The first-order valence-corrected chi connectivity index (χ1v) is 12.5. The molecular formula is C26H36O6Si. The fourth-order valence-electron chi connectivity index (χ4n) is 4.17. The van der Waals surface area contributed by atoms with Crippen molar-refractivity contribution in [2.24, 2.45) is 0 Å². The molecule has 0 radical (unpaired) electrons. The average molecular weight is 473 g/mol. The highest BCUT2D eigenvalue weighted by atomic mass is 28.2. The molecule has 0 spiro atoms. The summed E-state index contributed by atoms with van der Waals surface area (Å²) in [6.07, 6.45) is -1.03. The van der Waals surface area contributed by atoms with E-state index >= 15 is 0 Å². The maximum absolute atomic E-state index is 12.4. The maximum Gasteiger partial charge on any atom is 0.220 e. The van der Waals surface area contributed by atoms with Crippen LogP contribution in [0.3, 0.4) is 0 Å². The van der Waals surface area contributed by atoms with Gasteiger partial charge in [0.1, 0.15) is 17.8 Å². The molecule has 2 aromatic carbocycles. The van der Waals surface area contributed by atoms with Crippen LogP contribution >= 0.6 is 0 Å². The van der Waals surface area contributed by atoms with Crippen LogP contribution in [0.1, 0.15) is 45.7 Å². The van der Waals surface area contributed by atoms with E-state index in [4.69, 9.17) is 23.4 Å². The van der Waals surface area contributed by atoms with Gasteiger partial charge < -0.3 is 28.2 Å². The SMILES string of the molecule is CO[C@]1(C)O[C@@H](C=O)[C@@H](C(O[SiH2]C(C)(C)C)(c2ccccc2)c2ccccc2)O[C@@]1(C)OC. The van der Waals surface area contributed by atoms with Crippen molar-refractivity contribution >= 4 is 16.0 Å². The summed E-state index contributed by atoms with van der Waals surface area (Å²) < 4.78 is 31.3. The number of hydrogen-bond donors (Lipinski definition) is 0. The standard InChI is InChI=1S/C26H36O6Si/c1-23(2,3)33-32-26(19-14-10-8-11-15-19,20-16-12-9-13-17-20)22-21(18-27)30-24(4,28-6)25(5,29-7)31-22/h8-18,21-22H,33H2,1-7H3/t21-,22-,24+,25+/m0/s1. The van der Waals surface area contributed by atoms with Gasteiger partial charge in [0.15, 0.2) is 16.0 Å². The first-order valence-electron chi connectivity index (χ1n) is 11.2. The number of ether oxygens (including phenoxy) is 4. The van der Waals surface area contributed by atoms with Crippen molar-refractivity contribution in [3.05, 3.63) is 71.8 Å². The summed E-state index contributed by atoms with van der Waals surface area (Å²) in [6, 6.07) is 19.8. The molecule has 1 aliphatic heterocycles. The zero-order valence-electron chi connectivity index (χ0n) is 20.7. The van der Waals surface area contributed by atoms with Gasteiger partial charge in [0, 0.05) is 14.2 Å². The summed E-state index contributed by atoms with van der Waals surface area (Å²) in [5, 5.41) is -0.00733. The van der Waals surface area contributed by atoms with Crippen molar-refractivity contribution in [2.75, 3.05) is 14.2 Å². The molecule has 2 aromatic rings. The van der Waals surface area contributed by atoms with Gasteiger partial charge in [-0.3, -0.25) is 0 Å². The summed E-state index contributed by atoms with van der Waals surface area (Å²) in [5.74, 6) is -2.60. The molecule has 6 nitrogen and oxygen atoms in total. The summed E-state index contributed by atoms with van der Waals surface area (Å²) in [4.78, 5) is 12.4. The van der Waals surface area contributed by atoms with E-state index in [9.17, 15) is 4.79 Å². The van der Waals surface area contributed by atoms with Gasteiger partial charge in [0.05, 0.1) is 0 Å². The Balaban J connectivity index is 2.28. The van der Waals surface area contributed by atoms with Gasteiger partial charge in [0.2, 0.25) is 11.6 Å². The van der Waals surface area contributed by atoms with Crippen LogP contribution in [0.2, 0.25) is 5.04 Å². The second kappa shape index (κ2) is 9.78. The molecule has 1 heterocycles. The van der Waals surface area contributed by atoms with Crippen molar-refractivity contribution in [3.8, 4) is 0 Å². The number of hydrogen-bond acceptors (Lipinski definition) is 6. The minimum absolute atomic E-state index is 0.00733. The van der Waals surface area contributed by atoms with Gasteiger partial charge in [-0.05, 0) is 30.0 Å². The van der Waals surface area contributed by atoms with Gasteiger partial charge in [0.25, 0.3) is 0 Å². The van der Waals surface area contributed by atoms with Crippen molar-refractivity contribution in [1.82, 2.24) is 0 Å². The van der Waals surface area contributed by atoms with Crippen molar-refractivity contribution in [3.63, 3.8) is 0 Å². The highest BCUT2D eigenvalue weighted by Gasteiger charge is 2.62. The van der Waals surface area contributed by atoms with Crippen LogP contribution in [0.5, 0.6) is 0 Å². The van der Waals surface area contributed by atoms with E-state index < -0.39 is 39.1 Å². The van der Waals surface area contributed by atoms with E-state index in [1.165, 1.54) is 14.2 Å². The predicted octanol–water partition coefficient (Wildman–Crippen LogP) is 3.96. The van der Waals surface area contributed by atoms with Gasteiger partial charge in [-0.2, -0.15) is 0 Å². The molecule has 3 rings (SSSR count). The van der Waals surface area contributed by atoms with Crippen LogP contribution in [-0.2, 0) is 33.8 Å². The van der Waals surface area contributed by atoms with Gasteiger partial charge in [-0.1, -0.05) is 81.4 Å². The van der Waals surface area contributed by atoms with Gasteiger partial charge in [-0.15, -0.1) is 0 Å². The Morgan fingerprint density at radius 2 is 1.30 bits per heavy atom. The minimum atomic E-state index is -1.30. The summed E-state index contributed by atoms with van der Waals surface area (Å²) >= 11 is 0. The monoisotopic (exact) mass is 472 g/mol. The van der Waals surface area contributed by atoms with E-state index in [2.05, 4.69) is 20.8 Å². The lowest BCUT2D eigenvalue weighted by molar-refractivity contribution is -0.451. The molecule has 1 aliphatic rings. The molecule has 0 amide bonds. The minimum Gasteiger partial charge on any atom is -0.408 e. The lowest BCUT2D eigenvalue weighted by Crippen LogP contribution is -2.69. The highest BCUT2D eigenvalue weighted by molar-refractivity contribution is 6.32. The Morgan fingerprint density at radius 1 is 0.848 bits per heavy atom. The number of methoxy groups -OCH3 is 2.